The lowest BCUT2D eigenvalue weighted by atomic mass is 10.0. The minimum absolute atomic E-state index is 0.0124. The van der Waals surface area contributed by atoms with Crippen molar-refractivity contribution in [3.8, 4) is 0 Å². The molecule has 0 spiro atoms. The second kappa shape index (κ2) is 5.61. The van der Waals surface area contributed by atoms with Crippen molar-refractivity contribution in [2.45, 2.75) is 32.2 Å². The Labute approximate surface area is 115 Å². The maximum Gasteiger partial charge on any atom is 0.244 e. The van der Waals surface area contributed by atoms with Crippen molar-refractivity contribution < 1.29 is 4.79 Å². The first-order valence-electron chi connectivity index (χ1n) is 6.89. The van der Waals surface area contributed by atoms with Gasteiger partial charge in [-0.3, -0.25) is 4.79 Å². The normalized spacial score (nSPS) is 15.6. The molecule has 2 N–H and O–H groups in total. The molecule has 1 aromatic carbocycles. The molecule has 0 atom stereocenters. The number of rotatable bonds is 4. The summed E-state index contributed by atoms with van der Waals surface area (Å²) in [6, 6.07) is 8.03. The van der Waals surface area contributed by atoms with E-state index < -0.39 is 5.54 Å². The number of nitrogens with zero attached hydrogens (tertiary/aromatic N) is 1. The summed E-state index contributed by atoms with van der Waals surface area (Å²) >= 11 is 0. The first-order valence-corrected chi connectivity index (χ1v) is 6.89. The maximum absolute atomic E-state index is 12.2. The van der Waals surface area contributed by atoms with E-state index in [0.717, 1.165) is 24.5 Å². The molecule has 4 nitrogen and oxygen atoms in total. The molecule has 0 bridgehead atoms. The molecular formula is C15H23N3O. The molecule has 1 aliphatic heterocycles. The molecule has 0 aliphatic carbocycles. The molecule has 0 saturated carbocycles. The third-order valence-electron chi connectivity index (χ3n) is 3.79. The van der Waals surface area contributed by atoms with Gasteiger partial charge in [0.25, 0.3) is 0 Å². The van der Waals surface area contributed by atoms with Gasteiger partial charge in [-0.1, -0.05) is 12.1 Å². The molecule has 1 aliphatic rings. The largest absolute Gasteiger partial charge is 0.370 e. The number of hydrogen-bond donors (Lipinski definition) is 2. The maximum atomic E-state index is 12.2. The van der Waals surface area contributed by atoms with Crippen LogP contribution in [0.15, 0.2) is 24.3 Å². The fourth-order valence-electron chi connectivity index (χ4n) is 2.21. The summed E-state index contributed by atoms with van der Waals surface area (Å²) in [6.45, 7) is 5.90. The van der Waals surface area contributed by atoms with Gasteiger partial charge in [0, 0.05) is 13.1 Å². The number of anilines is 2. The minimum atomic E-state index is -0.571. The average molecular weight is 261 g/mol. The van der Waals surface area contributed by atoms with E-state index in [9.17, 15) is 4.79 Å². The molecule has 0 unspecified atom stereocenters. The molecule has 19 heavy (non-hydrogen) atoms. The number of hydrogen-bond acceptors (Lipinski definition) is 3. The zero-order valence-corrected chi connectivity index (χ0v) is 12.0. The number of likely N-dealkylation sites (N-methyl/N-ethyl adjacent to an activating group) is 1. The number of carbonyl (C=O) groups is 1. The van der Waals surface area contributed by atoms with Crippen LogP contribution in [0.4, 0.5) is 11.4 Å². The first-order chi connectivity index (χ1) is 9.04. The third-order valence-corrected chi connectivity index (χ3v) is 3.79. The van der Waals surface area contributed by atoms with Gasteiger partial charge in [0.2, 0.25) is 5.91 Å². The van der Waals surface area contributed by atoms with Crippen molar-refractivity contribution in [3.05, 3.63) is 24.3 Å². The van der Waals surface area contributed by atoms with Gasteiger partial charge in [0.1, 0.15) is 0 Å². The van der Waals surface area contributed by atoms with E-state index in [0.29, 0.717) is 0 Å². The molecule has 1 amide bonds. The van der Waals surface area contributed by atoms with E-state index in [-0.39, 0.29) is 5.91 Å². The average Bonchev–Trinajstić information content (AvgIpc) is 2.93. The van der Waals surface area contributed by atoms with Crippen molar-refractivity contribution in [1.29, 1.82) is 0 Å². The van der Waals surface area contributed by atoms with Gasteiger partial charge in [0.15, 0.2) is 0 Å². The van der Waals surface area contributed by atoms with Gasteiger partial charge < -0.3 is 15.5 Å². The summed E-state index contributed by atoms with van der Waals surface area (Å²) in [5, 5.41) is 6.06. The molecule has 2 rings (SSSR count). The van der Waals surface area contributed by atoms with E-state index >= 15 is 0 Å². The highest BCUT2D eigenvalue weighted by Crippen LogP contribution is 2.29. The van der Waals surface area contributed by atoms with Crippen LogP contribution in [-0.2, 0) is 4.79 Å². The molecular weight excluding hydrogens is 238 g/mol. The van der Waals surface area contributed by atoms with Crippen LogP contribution in [0.25, 0.3) is 0 Å². The lowest BCUT2D eigenvalue weighted by molar-refractivity contribution is -0.121. The molecule has 4 heteroatoms. The zero-order chi connectivity index (χ0) is 13.9. The summed E-state index contributed by atoms with van der Waals surface area (Å²) in [6.07, 6.45) is 2.45. The number of carbonyl (C=O) groups excluding carboxylic acids is 1. The highest BCUT2D eigenvalue weighted by atomic mass is 16.2. The van der Waals surface area contributed by atoms with E-state index in [4.69, 9.17) is 0 Å². The smallest absolute Gasteiger partial charge is 0.244 e. The van der Waals surface area contributed by atoms with E-state index in [1.54, 1.807) is 7.05 Å². The summed E-state index contributed by atoms with van der Waals surface area (Å²) in [4.78, 5) is 14.6. The monoisotopic (exact) mass is 261 g/mol. The summed E-state index contributed by atoms with van der Waals surface area (Å²) in [5.41, 5.74) is 1.45. The Morgan fingerprint density at radius 2 is 1.84 bits per heavy atom. The van der Waals surface area contributed by atoms with Crippen LogP contribution in [0.1, 0.15) is 26.7 Å². The second-order valence-corrected chi connectivity index (χ2v) is 5.54. The van der Waals surface area contributed by atoms with Crippen LogP contribution in [0.3, 0.4) is 0 Å². The molecule has 104 valence electrons. The minimum Gasteiger partial charge on any atom is -0.370 e. The number of nitrogens with one attached hydrogen (secondary N) is 2. The molecule has 1 saturated heterocycles. The quantitative estimate of drug-likeness (QED) is 0.873. The van der Waals surface area contributed by atoms with Gasteiger partial charge in [-0.25, -0.2) is 0 Å². The molecule has 0 radical (unpaired) electrons. The number of para-hydroxylation sites is 2. The molecule has 1 aromatic rings. The van der Waals surface area contributed by atoms with Crippen molar-refractivity contribution >= 4 is 17.3 Å². The Balaban J connectivity index is 2.18. The van der Waals surface area contributed by atoms with Gasteiger partial charge in [-0.15, -0.1) is 0 Å². The Kier molecular flexibility index (Phi) is 4.10. The summed E-state index contributed by atoms with van der Waals surface area (Å²) in [7, 11) is 1.80. The molecule has 1 heterocycles. The Bertz CT molecular complexity index is 450. The SMILES string of the molecule is CNC(C)(C)C(=O)Nc1ccccc1N1CCCC1. The fourth-order valence-corrected chi connectivity index (χ4v) is 2.21. The van der Waals surface area contributed by atoms with Crippen molar-refractivity contribution in [2.75, 3.05) is 30.4 Å². The third kappa shape index (κ3) is 3.07. The standard InChI is InChI=1S/C15H23N3O/c1-15(2,16-3)14(19)17-12-8-4-5-9-13(12)18-10-6-7-11-18/h4-5,8-9,16H,6-7,10-11H2,1-3H3,(H,17,19). The second-order valence-electron chi connectivity index (χ2n) is 5.54. The lowest BCUT2D eigenvalue weighted by Crippen LogP contribution is -2.48. The van der Waals surface area contributed by atoms with E-state index in [1.807, 2.05) is 32.0 Å². The van der Waals surface area contributed by atoms with Crippen LogP contribution >= 0.6 is 0 Å². The fraction of sp³-hybridized carbons (Fsp3) is 0.533. The first kappa shape index (κ1) is 13.9. The van der Waals surface area contributed by atoms with Crippen molar-refractivity contribution in [2.24, 2.45) is 0 Å². The number of amides is 1. The van der Waals surface area contributed by atoms with Crippen molar-refractivity contribution in [3.63, 3.8) is 0 Å². The zero-order valence-electron chi connectivity index (χ0n) is 12.0. The van der Waals surface area contributed by atoms with E-state index in [2.05, 4.69) is 21.6 Å². The number of benzene rings is 1. The van der Waals surface area contributed by atoms with Crippen LogP contribution in [0.5, 0.6) is 0 Å². The van der Waals surface area contributed by atoms with Crippen molar-refractivity contribution in [1.82, 2.24) is 5.32 Å². The van der Waals surface area contributed by atoms with Crippen LogP contribution in [-0.4, -0.2) is 31.6 Å². The van der Waals surface area contributed by atoms with Crippen LogP contribution in [0, 0.1) is 0 Å². The summed E-state index contributed by atoms with van der Waals surface area (Å²) < 4.78 is 0. The highest BCUT2D eigenvalue weighted by Gasteiger charge is 2.26. The topological polar surface area (TPSA) is 44.4 Å². The predicted molar refractivity (Wildman–Crippen MR) is 79.7 cm³/mol. The predicted octanol–water partition coefficient (Wildman–Crippen LogP) is 2.22. The lowest BCUT2D eigenvalue weighted by Gasteiger charge is -2.26. The summed E-state index contributed by atoms with van der Waals surface area (Å²) in [5.74, 6) is -0.0124. The molecule has 1 fully saturated rings. The Morgan fingerprint density at radius 1 is 1.21 bits per heavy atom. The van der Waals surface area contributed by atoms with Crippen LogP contribution < -0.4 is 15.5 Å². The van der Waals surface area contributed by atoms with Gasteiger partial charge >= 0.3 is 0 Å². The highest BCUT2D eigenvalue weighted by molar-refractivity contribution is 6.00. The Hall–Kier alpha value is -1.55. The van der Waals surface area contributed by atoms with E-state index in [1.165, 1.54) is 12.8 Å². The van der Waals surface area contributed by atoms with Gasteiger partial charge in [0.05, 0.1) is 16.9 Å². The van der Waals surface area contributed by atoms with Gasteiger partial charge in [-0.2, -0.15) is 0 Å². The molecule has 0 aromatic heterocycles. The van der Waals surface area contributed by atoms with Crippen LogP contribution in [0.2, 0.25) is 0 Å². The Morgan fingerprint density at radius 3 is 2.47 bits per heavy atom. The van der Waals surface area contributed by atoms with Gasteiger partial charge in [-0.05, 0) is 45.9 Å².